The highest BCUT2D eigenvalue weighted by molar-refractivity contribution is 6.02. The third-order valence-corrected chi connectivity index (χ3v) is 4.59. The van der Waals surface area contributed by atoms with Crippen LogP contribution in [-0.2, 0) is 6.42 Å². The Morgan fingerprint density at radius 2 is 1.92 bits per heavy atom. The number of pyridine rings is 1. The number of aryl methyl sites for hydroxylation is 1. The summed E-state index contributed by atoms with van der Waals surface area (Å²) >= 11 is 0. The minimum atomic E-state index is 0.387. The van der Waals surface area contributed by atoms with E-state index in [4.69, 9.17) is 10.2 Å². The number of nitrogens with two attached hydrogens (primary N) is 1. The van der Waals surface area contributed by atoms with Crippen LogP contribution in [0.1, 0.15) is 25.6 Å². The molecule has 0 aromatic carbocycles. The summed E-state index contributed by atoms with van der Waals surface area (Å²) in [6.07, 6.45) is 3.11. The Labute approximate surface area is 140 Å². The SMILES string of the molecule is CCCCc1nc2c(N)nc3oc(N4CCN(C)CC4)nc3c2[nH]1. The van der Waals surface area contributed by atoms with Gasteiger partial charge in [0.2, 0.25) is 0 Å². The summed E-state index contributed by atoms with van der Waals surface area (Å²) in [6, 6.07) is 0.613. The molecule has 0 atom stereocenters. The van der Waals surface area contributed by atoms with Crippen LogP contribution < -0.4 is 10.6 Å². The van der Waals surface area contributed by atoms with Crippen molar-refractivity contribution in [3.63, 3.8) is 0 Å². The van der Waals surface area contributed by atoms with Crippen molar-refractivity contribution < 1.29 is 4.42 Å². The summed E-state index contributed by atoms with van der Waals surface area (Å²) in [5, 5.41) is 0. The van der Waals surface area contributed by atoms with Crippen LogP contribution in [0.4, 0.5) is 11.8 Å². The standard InChI is InChI=1S/C16H23N7O/c1-3-4-5-10-18-11-12(19-10)14(17)21-15-13(11)20-16(24-15)23-8-6-22(2)7-9-23/h3-9H2,1-2H3,(H2,17,21)(H,18,19). The second-order valence-electron chi connectivity index (χ2n) is 6.45. The average Bonchev–Trinajstić information content (AvgIpc) is 3.17. The van der Waals surface area contributed by atoms with Crippen molar-refractivity contribution >= 4 is 34.1 Å². The molecule has 1 aliphatic rings. The van der Waals surface area contributed by atoms with Gasteiger partial charge in [-0.1, -0.05) is 13.3 Å². The number of aromatic nitrogens is 4. The molecular weight excluding hydrogens is 306 g/mol. The lowest BCUT2D eigenvalue weighted by molar-refractivity contribution is 0.305. The normalized spacial score (nSPS) is 16.5. The maximum Gasteiger partial charge on any atom is 0.299 e. The first-order valence-corrected chi connectivity index (χ1v) is 8.53. The number of likely N-dealkylation sites (N-methyl/N-ethyl adjacent to an activating group) is 1. The molecule has 8 heteroatoms. The monoisotopic (exact) mass is 329 g/mol. The highest BCUT2D eigenvalue weighted by Gasteiger charge is 2.22. The lowest BCUT2D eigenvalue weighted by atomic mass is 10.2. The van der Waals surface area contributed by atoms with Crippen molar-refractivity contribution in [1.29, 1.82) is 0 Å². The third-order valence-electron chi connectivity index (χ3n) is 4.59. The Hall–Kier alpha value is -2.35. The van der Waals surface area contributed by atoms with Crippen molar-refractivity contribution in [2.45, 2.75) is 26.2 Å². The first kappa shape index (κ1) is 15.2. The molecule has 0 spiro atoms. The number of fused-ring (bicyclic) bond motifs is 3. The second-order valence-corrected chi connectivity index (χ2v) is 6.45. The molecule has 0 saturated carbocycles. The molecule has 0 bridgehead atoms. The fourth-order valence-electron chi connectivity index (χ4n) is 3.08. The van der Waals surface area contributed by atoms with E-state index in [1.807, 2.05) is 0 Å². The van der Waals surface area contributed by atoms with E-state index in [2.05, 4.69) is 43.7 Å². The van der Waals surface area contributed by atoms with Gasteiger partial charge in [-0.05, 0) is 13.5 Å². The van der Waals surface area contributed by atoms with E-state index in [1.54, 1.807) is 0 Å². The quantitative estimate of drug-likeness (QED) is 0.752. The first-order chi connectivity index (χ1) is 11.7. The van der Waals surface area contributed by atoms with Crippen LogP contribution in [0.15, 0.2) is 4.42 Å². The number of unbranched alkanes of at least 4 members (excludes halogenated alkanes) is 1. The minimum Gasteiger partial charge on any atom is -0.404 e. The molecule has 128 valence electrons. The Morgan fingerprint density at radius 3 is 2.67 bits per heavy atom. The van der Waals surface area contributed by atoms with Crippen molar-refractivity contribution in [3.8, 4) is 0 Å². The summed E-state index contributed by atoms with van der Waals surface area (Å²) in [5.41, 5.74) is 8.77. The molecule has 4 heterocycles. The number of oxazole rings is 1. The summed E-state index contributed by atoms with van der Waals surface area (Å²) in [5.74, 6) is 1.31. The van der Waals surface area contributed by atoms with E-state index in [0.29, 0.717) is 28.6 Å². The third kappa shape index (κ3) is 2.56. The number of nitrogens with zero attached hydrogens (tertiary/aromatic N) is 5. The van der Waals surface area contributed by atoms with Gasteiger partial charge < -0.3 is 24.9 Å². The number of anilines is 2. The van der Waals surface area contributed by atoms with Crippen LogP contribution >= 0.6 is 0 Å². The van der Waals surface area contributed by atoms with Gasteiger partial charge in [-0.3, -0.25) is 0 Å². The number of nitrogen functional groups attached to an aromatic ring is 1. The molecule has 1 aliphatic heterocycles. The number of piperazine rings is 1. The Bertz CT molecular complexity index is 860. The van der Waals surface area contributed by atoms with E-state index >= 15 is 0 Å². The molecule has 3 aromatic rings. The smallest absolute Gasteiger partial charge is 0.299 e. The second kappa shape index (κ2) is 5.94. The van der Waals surface area contributed by atoms with Gasteiger partial charge in [-0.15, -0.1) is 0 Å². The molecule has 8 nitrogen and oxygen atoms in total. The zero-order valence-corrected chi connectivity index (χ0v) is 14.2. The first-order valence-electron chi connectivity index (χ1n) is 8.53. The van der Waals surface area contributed by atoms with Gasteiger partial charge in [-0.25, -0.2) is 4.98 Å². The highest BCUT2D eigenvalue weighted by atomic mass is 16.4. The van der Waals surface area contributed by atoms with Crippen LogP contribution in [0.25, 0.3) is 22.3 Å². The predicted molar refractivity (Wildman–Crippen MR) is 94.2 cm³/mol. The molecule has 0 aliphatic carbocycles. The van der Waals surface area contributed by atoms with E-state index in [1.165, 1.54) is 0 Å². The van der Waals surface area contributed by atoms with Gasteiger partial charge in [0.05, 0.1) is 0 Å². The van der Waals surface area contributed by atoms with Crippen LogP contribution in [0.5, 0.6) is 0 Å². The minimum absolute atomic E-state index is 0.387. The van der Waals surface area contributed by atoms with Gasteiger partial charge in [0.25, 0.3) is 11.7 Å². The van der Waals surface area contributed by atoms with Gasteiger partial charge in [0.15, 0.2) is 11.3 Å². The highest BCUT2D eigenvalue weighted by Crippen LogP contribution is 2.29. The van der Waals surface area contributed by atoms with Gasteiger partial charge in [0.1, 0.15) is 16.9 Å². The molecule has 3 aromatic heterocycles. The van der Waals surface area contributed by atoms with E-state index < -0.39 is 0 Å². The molecule has 1 saturated heterocycles. The van der Waals surface area contributed by atoms with Crippen LogP contribution in [0.3, 0.4) is 0 Å². The van der Waals surface area contributed by atoms with Crippen LogP contribution in [0.2, 0.25) is 0 Å². The molecule has 1 fully saturated rings. The Morgan fingerprint density at radius 1 is 1.12 bits per heavy atom. The number of aromatic amines is 1. The maximum atomic E-state index is 6.07. The molecular formula is C16H23N7O. The fraction of sp³-hybridized carbons (Fsp3) is 0.562. The number of hydrogen-bond acceptors (Lipinski definition) is 7. The van der Waals surface area contributed by atoms with Crippen LogP contribution in [-0.4, -0.2) is 58.1 Å². The van der Waals surface area contributed by atoms with Crippen molar-refractivity contribution in [2.75, 3.05) is 43.9 Å². The Balaban J connectivity index is 1.75. The maximum absolute atomic E-state index is 6.07. The van der Waals surface area contributed by atoms with Gasteiger partial charge in [-0.2, -0.15) is 9.97 Å². The lowest BCUT2D eigenvalue weighted by Crippen LogP contribution is -2.44. The molecule has 0 unspecified atom stereocenters. The zero-order valence-electron chi connectivity index (χ0n) is 14.2. The van der Waals surface area contributed by atoms with Gasteiger partial charge >= 0.3 is 0 Å². The number of imidazole rings is 1. The van der Waals surface area contributed by atoms with Crippen molar-refractivity contribution in [2.24, 2.45) is 0 Å². The van der Waals surface area contributed by atoms with Crippen LogP contribution in [0, 0.1) is 0 Å². The number of hydrogen-bond donors (Lipinski definition) is 2. The van der Waals surface area contributed by atoms with Gasteiger partial charge in [0, 0.05) is 32.6 Å². The van der Waals surface area contributed by atoms with Crippen molar-refractivity contribution in [3.05, 3.63) is 5.82 Å². The largest absolute Gasteiger partial charge is 0.404 e. The molecule has 4 rings (SSSR count). The van der Waals surface area contributed by atoms with E-state index in [-0.39, 0.29) is 0 Å². The molecule has 24 heavy (non-hydrogen) atoms. The Kier molecular flexibility index (Phi) is 3.76. The summed E-state index contributed by atoms with van der Waals surface area (Å²) < 4.78 is 5.88. The summed E-state index contributed by atoms with van der Waals surface area (Å²) in [4.78, 5) is 21.4. The molecule has 0 amide bonds. The number of nitrogens with one attached hydrogen (secondary N) is 1. The fourth-order valence-corrected chi connectivity index (χ4v) is 3.08. The van der Waals surface area contributed by atoms with Crippen molar-refractivity contribution in [1.82, 2.24) is 24.8 Å². The lowest BCUT2D eigenvalue weighted by Gasteiger charge is -2.31. The average molecular weight is 329 g/mol. The number of H-pyrrole nitrogens is 1. The topological polar surface area (TPSA) is 100 Å². The van der Waals surface area contributed by atoms with E-state index in [0.717, 1.165) is 56.8 Å². The molecule has 0 radical (unpaired) electrons. The summed E-state index contributed by atoms with van der Waals surface area (Å²) in [6.45, 7) is 5.94. The summed E-state index contributed by atoms with van der Waals surface area (Å²) in [7, 11) is 2.12. The molecule has 3 N–H and O–H groups in total. The van der Waals surface area contributed by atoms with E-state index in [9.17, 15) is 0 Å². The predicted octanol–water partition coefficient (Wildman–Crippen LogP) is 1.78. The zero-order chi connectivity index (χ0) is 16.7. The number of rotatable bonds is 4.